The number of rotatable bonds is 11. The summed E-state index contributed by atoms with van der Waals surface area (Å²) in [6, 6.07) is 15.0. The van der Waals surface area contributed by atoms with Crippen molar-refractivity contribution < 1.29 is 24.6 Å². The van der Waals surface area contributed by atoms with Crippen molar-refractivity contribution >= 4 is 46.5 Å². The fourth-order valence-corrected chi connectivity index (χ4v) is 3.91. The van der Waals surface area contributed by atoms with Crippen LogP contribution in [0.1, 0.15) is 34.5 Å². The zero-order chi connectivity index (χ0) is 27.9. The van der Waals surface area contributed by atoms with E-state index in [1.165, 1.54) is 0 Å². The Morgan fingerprint density at radius 2 is 1.72 bits per heavy atom. The van der Waals surface area contributed by atoms with E-state index in [-0.39, 0.29) is 35.9 Å². The van der Waals surface area contributed by atoms with Gasteiger partial charge in [0.25, 0.3) is 5.91 Å². The molecule has 13 nitrogen and oxygen atoms in total. The van der Waals surface area contributed by atoms with E-state index in [9.17, 15) is 19.5 Å². The van der Waals surface area contributed by atoms with E-state index in [0.29, 0.717) is 23.4 Å². The number of nitrogens with zero attached hydrogens (tertiary/aromatic N) is 5. The third kappa shape index (κ3) is 6.91. The number of anilines is 3. The molecule has 39 heavy (non-hydrogen) atoms. The van der Waals surface area contributed by atoms with Gasteiger partial charge in [0.2, 0.25) is 5.95 Å². The number of hydrogen-bond donors (Lipinski definition) is 5. The van der Waals surface area contributed by atoms with Gasteiger partial charge >= 0.3 is 11.9 Å². The Labute approximate surface area is 222 Å². The molecule has 0 bridgehead atoms. The number of nitrogens with two attached hydrogens (primary N) is 2. The molecule has 2 heterocycles. The molecule has 0 aliphatic heterocycles. The number of hydrogen-bond acceptors (Lipinski definition) is 10. The second kappa shape index (κ2) is 11.8. The van der Waals surface area contributed by atoms with Crippen LogP contribution in [-0.2, 0) is 22.7 Å². The number of carbonyl (C=O) groups is 3. The highest BCUT2D eigenvalue weighted by Crippen LogP contribution is 2.23. The lowest BCUT2D eigenvalue weighted by atomic mass is 10.1. The summed E-state index contributed by atoms with van der Waals surface area (Å²) in [7, 11) is 0. The molecule has 7 N–H and O–H groups in total. The minimum absolute atomic E-state index is 0.00376. The van der Waals surface area contributed by atoms with Crippen molar-refractivity contribution in [3.63, 3.8) is 0 Å². The summed E-state index contributed by atoms with van der Waals surface area (Å²) in [5.41, 5.74) is 14.6. The molecule has 4 rings (SSSR count). The highest BCUT2D eigenvalue weighted by atomic mass is 16.4. The van der Waals surface area contributed by atoms with Crippen molar-refractivity contribution in [2.45, 2.75) is 32.0 Å². The number of carboxylic acids is 2. The molecule has 1 amide bonds. The van der Waals surface area contributed by atoms with Crippen LogP contribution in [-0.4, -0.2) is 54.0 Å². The second-order valence-electron chi connectivity index (χ2n) is 8.69. The van der Waals surface area contributed by atoms with Crippen LogP contribution >= 0.6 is 0 Å². The van der Waals surface area contributed by atoms with Crippen LogP contribution in [0.5, 0.6) is 0 Å². The van der Waals surface area contributed by atoms with E-state index in [0.717, 1.165) is 5.56 Å². The molecule has 2 aromatic heterocycles. The molecule has 13 heteroatoms. The van der Waals surface area contributed by atoms with Crippen LogP contribution in [0.15, 0.2) is 60.8 Å². The molecular formula is C26H26N8O5. The van der Waals surface area contributed by atoms with Crippen LogP contribution in [0.3, 0.4) is 0 Å². The van der Waals surface area contributed by atoms with Crippen LogP contribution in [0.25, 0.3) is 11.2 Å². The fourth-order valence-electron chi connectivity index (χ4n) is 3.91. The lowest BCUT2D eigenvalue weighted by Crippen LogP contribution is -2.41. The number of carboxylic acid groups (broad SMARTS) is 2. The number of amides is 1. The van der Waals surface area contributed by atoms with Crippen molar-refractivity contribution in [3.8, 4) is 0 Å². The van der Waals surface area contributed by atoms with Crippen molar-refractivity contribution in [1.29, 1.82) is 0 Å². The Kier molecular flexibility index (Phi) is 8.09. The third-order valence-electron chi connectivity index (χ3n) is 5.79. The van der Waals surface area contributed by atoms with E-state index in [1.807, 2.05) is 41.3 Å². The first kappa shape index (κ1) is 26.7. The normalized spacial score (nSPS) is 11.6. The molecular weight excluding hydrogens is 504 g/mol. The number of carbonyl (C=O) groups excluding carboxylic acids is 1. The Morgan fingerprint density at radius 3 is 2.44 bits per heavy atom. The smallest absolute Gasteiger partial charge is 0.326 e. The van der Waals surface area contributed by atoms with Crippen molar-refractivity contribution in [3.05, 3.63) is 77.6 Å². The van der Waals surface area contributed by atoms with Gasteiger partial charge in [-0.2, -0.15) is 9.97 Å². The molecule has 200 valence electrons. The Hall–Kier alpha value is -5.33. The Bertz CT molecular complexity index is 1520. The van der Waals surface area contributed by atoms with Gasteiger partial charge in [-0.1, -0.05) is 36.4 Å². The maximum atomic E-state index is 12.9. The van der Waals surface area contributed by atoms with Gasteiger partial charge in [0.05, 0.1) is 18.4 Å². The lowest BCUT2D eigenvalue weighted by molar-refractivity contribution is -0.140. The third-order valence-corrected chi connectivity index (χ3v) is 5.79. The van der Waals surface area contributed by atoms with Crippen LogP contribution < -0.4 is 21.7 Å². The van der Waals surface area contributed by atoms with Crippen LogP contribution in [0, 0.1) is 0 Å². The van der Waals surface area contributed by atoms with Crippen molar-refractivity contribution in [1.82, 2.24) is 25.3 Å². The predicted molar refractivity (Wildman–Crippen MR) is 142 cm³/mol. The van der Waals surface area contributed by atoms with Crippen molar-refractivity contribution in [2.75, 3.05) is 16.4 Å². The zero-order valence-electron chi connectivity index (χ0n) is 20.7. The van der Waals surface area contributed by atoms with Gasteiger partial charge in [-0.15, -0.1) is 0 Å². The molecule has 2 aromatic carbocycles. The standard InChI is InChI=1S/C26H26N8O5/c27-22-21-23(33-26(28)32-22)29-12-17(30-21)14-34(13-15-5-2-1-3-6-15)18-8-4-7-16(11-18)24(37)31-19(25(38)39)9-10-20(35)36/h1-8,11-12,19H,9-10,13-14H2,(H,31,37)(H,35,36)(H,38,39)(H4,27,28,29,32,33). The summed E-state index contributed by atoms with van der Waals surface area (Å²) < 4.78 is 0. The molecule has 0 fully saturated rings. The average Bonchev–Trinajstić information content (AvgIpc) is 2.91. The molecule has 0 saturated carbocycles. The lowest BCUT2D eigenvalue weighted by Gasteiger charge is -2.25. The van der Waals surface area contributed by atoms with Crippen LogP contribution in [0.4, 0.5) is 17.5 Å². The van der Waals surface area contributed by atoms with Gasteiger partial charge in [-0.25, -0.2) is 14.8 Å². The molecule has 0 aliphatic rings. The van der Waals surface area contributed by atoms with Gasteiger partial charge in [0.1, 0.15) is 6.04 Å². The largest absolute Gasteiger partial charge is 0.481 e. The second-order valence-corrected chi connectivity index (χ2v) is 8.69. The Morgan fingerprint density at radius 1 is 0.949 bits per heavy atom. The first-order valence-electron chi connectivity index (χ1n) is 11.9. The maximum Gasteiger partial charge on any atom is 0.326 e. The van der Waals surface area contributed by atoms with Gasteiger partial charge < -0.3 is 31.9 Å². The molecule has 0 spiro atoms. The summed E-state index contributed by atoms with van der Waals surface area (Å²) in [6.45, 7) is 0.735. The van der Waals surface area contributed by atoms with Gasteiger partial charge in [0, 0.05) is 24.2 Å². The maximum absolute atomic E-state index is 12.9. The predicted octanol–water partition coefficient (Wildman–Crippen LogP) is 1.84. The first-order valence-corrected chi connectivity index (χ1v) is 11.9. The van der Waals surface area contributed by atoms with E-state index in [2.05, 4.69) is 25.3 Å². The molecule has 4 aromatic rings. The molecule has 0 aliphatic carbocycles. The molecule has 0 radical (unpaired) electrons. The number of benzene rings is 2. The van der Waals surface area contributed by atoms with E-state index < -0.39 is 30.3 Å². The molecule has 1 unspecified atom stereocenters. The summed E-state index contributed by atoms with van der Waals surface area (Å²) in [4.78, 5) is 54.2. The highest BCUT2D eigenvalue weighted by Gasteiger charge is 2.22. The van der Waals surface area contributed by atoms with Crippen LogP contribution in [0.2, 0.25) is 0 Å². The summed E-state index contributed by atoms with van der Waals surface area (Å²) in [5, 5.41) is 20.7. The minimum atomic E-state index is -1.34. The fraction of sp³-hybridized carbons (Fsp3) is 0.192. The first-order chi connectivity index (χ1) is 18.7. The number of aliphatic carboxylic acids is 2. The van der Waals surface area contributed by atoms with E-state index in [1.54, 1.807) is 24.4 Å². The summed E-state index contributed by atoms with van der Waals surface area (Å²) >= 11 is 0. The molecule has 0 saturated heterocycles. The quantitative estimate of drug-likeness (QED) is 0.188. The average molecular weight is 531 g/mol. The van der Waals surface area contributed by atoms with E-state index in [4.69, 9.17) is 16.6 Å². The number of fused-ring (bicyclic) bond motifs is 1. The van der Waals surface area contributed by atoms with Crippen molar-refractivity contribution in [2.24, 2.45) is 0 Å². The summed E-state index contributed by atoms with van der Waals surface area (Å²) in [5.74, 6) is -3.00. The minimum Gasteiger partial charge on any atom is -0.481 e. The Balaban J connectivity index is 1.62. The number of nitrogen functional groups attached to an aromatic ring is 2. The van der Waals surface area contributed by atoms with Gasteiger partial charge in [-0.05, 0) is 30.2 Å². The molecule has 1 atom stereocenters. The number of aromatic nitrogens is 4. The monoisotopic (exact) mass is 530 g/mol. The highest BCUT2D eigenvalue weighted by molar-refractivity contribution is 5.97. The van der Waals surface area contributed by atoms with Gasteiger partial charge in [0.15, 0.2) is 17.0 Å². The van der Waals surface area contributed by atoms with Gasteiger partial charge in [-0.3, -0.25) is 9.59 Å². The SMILES string of the molecule is Nc1nc(N)c2nc(CN(Cc3ccccc3)c3cccc(C(=O)NC(CCC(=O)O)C(=O)O)c3)cnc2n1. The topological polar surface area (TPSA) is 211 Å². The zero-order valence-corrected chi connectivity index (χ0v) is 20.7. The number of nitrogens with one attached hydrogen (secondary N) is 1. The summed E-state index contributed by atoms with van der Waals surface area (Å²) in [6.07, 6.45) is 0.926. The van der Waals surface area contributed by atoms with E-state index >= 15 is 0 Å².